The molecule has 0 saturated carbocycles. The van der Waals surface area contributed by atoms with Crippen LogP contribution in [0.4, 0.5) is 11.8 Å². The molecule has 0 radical (unpaired) electrons. The maximum atomic E-state index is 5.42. The van der Waals surface area contributed by atoms with Crippen molar-refractivity contribution in [3.05, 3.63) is 39.7 Å². The van der Waals surface area contributed by atoms with Crippen molar-refractivity contribution in [2.45, 2.75) is 6.54 Å². The van der Waals surface area contributed by atoms with Crippen LogP contribution in [0.1, 0.15) is 5.56 Å². The van der Waals surface area contributed by atoms with Gasteiger partial charge >= 0.3 is 0 Å². The summed E-state index contributed by atoms with van der Waals surface area (Å²) in [5.41, 5.74) is 5.10. The van der Waals surface area contributed by atoms with Crippen LogP contribution in [0.5, 0.6) is 0 Å². The molecule has 0 fully saturated rings. The Kier molecular flexibility index (Phi) is 3.88. The summed E-state index contributed by atoms with van der Waals surface area (Å²) in [5, 5.41) is 3.29. The quantitative estimate of drug-likeness (QED) is 0.355. The standard InChI is InChI=1S/C13H14IN7/c1-21-7-17-10-11(18-13(20-15)19-12(10)21)16-6-8-3-2-4-9(14)5-8/h2-5,7H,6,15H2,1H3,(H2,16,18,19,20). The summed E-state index contributed by atoms with van der Waals surface area (Å²) in [4.78, 5) is 13.0. The third-order valence-corrected chi connectivity index (χ3v) is 3.71. The van der Waals surface area contributed by atoms with Gasteiger partial charge in [0.1, 0.15) is 0 Å². The molecule has 4 N–H and O–H groups in total. The van der Waals surface area contributed by atoms with Crippen molar-refractivity contribution in [3.63, 3.8) is 0 Å². The molecule has 108 valence electrons. The van der Waals surface area contributed by atoms with Gasteiger partial charge in [0.15, 0.2) is 17.0 Å². The van der Waals surface area contributed by atoms with E-state index < -0.39 is 0 Å². The van der Waals surface area contributed by atoms with E-state index in [9.17, 15) is 0 Å². The van der Waals surface area contributed by atoms with Crippen molar-refractivity contribution in [1.29, 1.82) is 0 Å². The fourth-order valence-corrected chi connectivity index (χ4v) is 2.63. The first-order valence-corrected chi connectivity index (χ1v) is 7.39. The number of imidazole rings is 1. The van der Waals surface area contributed by atoms with Crippen molar-refractivity contribution >= 4 is 45.5 Å². The van der Waals surface area contributed by atoms with Gasteiger partial charge in [-0.2, -0.15) is 9.97 Å². The maximum absolute atomic E-state index is 5.42. The molecule has 0 atom stereocenters. The summed E-state index contributed by atoms with van der Waals surface area (Å²) in [6.07, 6.45) is 1.70. The lowest BCUT2D eigenvalue weighted by molar-refractivity contribution is 0.927. The first-order valence-electron chi connectivity index (χ1n) is 6.31. The molecule has 0 spiro atoms. The molecule has 0 bridgehead atoms. The molecule has 3 rings (SSSR count). The molecule has 0 aliphatic rings. The van der Waals surface area contributed by atoms with Gasteiger partial charge in [-0.15, -0.1) is 0 Å². The van der Waals surface area contributed by atoms with E-state index in [-0.39, 0.29) is 0 Å². The zero-order chi connectivity index (χ0) is 14.8. The zero-order valence-electron chi connectivity index (χ0n) is 11.3. The molecule has 0 aliphatic carbocycles. The minimum atomic E-state index is 0.358. The van der Waals surface area contributed by atoms with Crippen LogP contribution in [0.25, 0.3) is 11.2 Å². The van der Waals surface area contributed by atoms with Crippen LogP contribution in [-0.4, -0.2) is 19.5 Å². The molecule has 0 unspecified atom stereocenters. The fraction of sp³-hybridized carbons (Fsp3) is 0.154. The second-order valence-corrected chi connectivity index (χ2v) is 5.80. The number of nitrogens with zero attached hydrogens (tertiary/aromatic N) is 4. The van der Waals surface area contributed by atoms with Crippen LogP contribution in [0.2, 0.25) is 0 Å². The van der Waals surface area contributed by atoms with E-state index in [0.29, 0.717) is 18.3 Å². The third kappa shape index (κ3) is 2.90. The highest BCUT2D eigenvalue weighted by molar-refractivity contribution is 14.1. The molecule has 3 aromatic rings. The second-order valence-electron chi connectivity index (χ2n) is 4.55. The smallest absolute Gasteiger partial charge is 0.241 e. The number of hydrogen-bond donors (Lipinski definition) is 3. The Bertz CT molecular complexity index is 783. The van der Waals surface area contributed by atoms with E-state index >= 15 is 0 Å². The predicted molar refractivity (Wildman–Crippen MR) is 90.6 cm³/mol. The van der Waals surface area contributed by atoms with E-state index in [0.717, 1.165) is 11.2 Å². The van der Waals surface area contributed by atoms with Gasteiger partial charge in [0.05, 0.1) is 6.33 Å². The lowest BCUT2D eigenvalue weighted by Gasteiger charge is -2.08. The molecule has 2 heterocycles. The summed E-state index contributed by atoms with van der Waals surface area (Å²) in [7, 11) is 1.88. The number of halogens is 1. The average Bonchev–Trinajstić information content (AvgIpc) is 2.86. The van der Waals surface area contributed by atoms with Gasteiger partial charge in [-0.05, 0) is 40.3 Å². The van der Waals surface area contributed by atoms with Crippen molar-refractivity contribution in [2.75, 3.05) is 10.7 Å². The molecule has 2 aromatic heterocycles. The molecule has 21 heavy (non-hydrogen) atoms. The van der Waals surface area contributed by atoms with Crippen LogP contribution >= 0.6 is 22.6 Å². The van der Waals surface area contributed by atoms with Crippen molar-refractivity contribution in [1.82, 2.24) is 19.5 Å². The highest BCUT2D eigenvalue weighted by atomic mass is 127. The van der Waals surface area contributed by atoms with Crippen molar-refractivity contribution < 1.29 is 0 Å². The van der Waals surface area contributed by atoms with Crippen LogP contribution in [-0.2, 0) is 13.6 Å². The number of aryl methyl sites for hydroxylation is 1. The monoisotopic (exact) mass is 395 g/mol. The molecule has 0 amide bonds. The number of fused-ring (bicyclic) bond motifs is 1. The van der Waals surface area contributed by atoms with Crippen LogP contribution in [0.3, 0.4) is 0 Å². The zero-order valence-corrected chi connectivity index (χ0v) is 13.5. The Labute approximate surface area is 135 Å². The number of nitrogen functional groups attached to an aromatic ring is 1. The topological polar surface area (TPSA) is 93.7 Å². The lowest BCUT2D eigenvalue weighted by Crippen LogP contribution is -2.13. The molecule has 0 saturated heterocycles. The van der Waals surface area contributed by atoms with Gasteiger partial charge in [0.2, 0.25) is 5.95 Å². The summed E-state index contributed by atoms with van der Waals surface area (Å²) in [6, 6.07) is 8.27. The molecule has 1 aromatic carbocycles. The number of hydrazine groups is 1. The Morgan fingerprint density at radius 2 is 2.19 bits per heavy atom. The predicted octanol–water partition coefficient (Wildman–Crippen LogP) is 1.87. The fourth-order valence-electron chi connectivity index (χ4n) is 2.03. The number of hydrogen-bond acceptors (Lipinski definition) is 6. The van der Waals surface area contributed by atoms with E-state index in [1.165, 1.54) is 9.13 Å². The average molecular weight is 395 g/mol. The Balaban J connectivity index is 1.92. The van der Waals surface area contributed by atoms with Crippen molar-refractivity contribution in [2.24, 2.45) is 12.9 Å². The summed E-state index contributed by atoms with van der Waals surface area (Å²) < 4.78 is 3.02. The summed E-state index contributed by atoms with van der Waals surface area (Å²) >= 11 is 2.29. The normalized spacial score (nSPS) is 10.8. The second kappa shape index (κ2) is 5.82. The maximum Gasteiger partial charge on any atom is 0.241 e. The highest BCUT2D eigenvalue weighted by Crippen LogP contribution is 2.20. The lowest BCUT2D eigenvalue weighted by atomic mass is 10.2. The van der Waals surface area contributed by atoms with E-state index in [2.05, 4.69) is 66.5 Å². The van der Waals surface area contributed by atoms with Crippen LogP contribution in [0, 0.1) is 3.57 Å². The van der Waals surface area contributed by atoms with Crippen LogP contribution in [0.15, 0.2) is 30.6 Å². The molecule has 8 heteroatoms. The van der Waals surface area contributed by atoms with E-state index in [1.54, 1.807) is 6.33 Å². The highest BCUT2D eigenvalue weighted by Gasteiger charge is 2.11. The minimum Gasteiger partial charge on any atom is -0.364 e. The number of nitrogens with one attached hydrogen (secondary N) is 2. The minimum absolute atomic E-state index is 0.358. The van der Waals surface area contributed by atoms with Crippen LogP contribution < -0.4 is 16.6 Å². The SMILES string of the molecule is Cn1cnc2c(NCc3cccc(I)c3)nc(NN)nc21. The number of rotatable bonds is 4. The van der Waals surface area contributed by atoms with E-state index in [4.69, 9.17) is 5.84 Å². The number of nitrogens with two attached hydrogens (primary N) is 1. The van der Waals surface area contributed by atoms with E-state index in [1.807, 2.05) is 17.7 Å². The van der Waals surface area contributed by atoms with Gasteiger partial charge in [-0.3, -0.25) is 5.43 Å². The van der Waals surface area contributed by atoms with Gasteiger partial charge in [-0.25, -0.2) is 10.8 Å². The molecular formula is C13H14IN7. The molecule has 0 aliphatic heterocycles. The first kappa shape index (κ1) is 14.0. The Morgan fingerprint density at radius 1 is 1.33 bits per heavy atom. The molecule has 7 nitrogen and oxygen atoms in total. The third-order valence-electron chi connectivity index (χ3n) is 3.04. The van der Waals surface area contributed by atoms with Gasteiger partial charge in [-0.1, -0.05) is 12.1 Å². The summed E-state index contributed by atoms with van der Waals surface area (Å²) in [6.45, 7) is 0.656. The van der Waals surface area contributed by atoms with Crippen molar-refractivity contribution in [3.8, 4) is 0 Å². The molecular weight excluding hydrogens is 381 g/mol. The number of anilines is 2. The Morgan fingerprint density at radius 3 is 2.95 bits per heavy atom. The van der Waals surface area contributed by atoms with Gasteiger partial charge in [0.25, 0.3) is 0 Å². The summed E-state index contributed by atoms with van der Waals surface area (Å²) in [5.74, 6) is 6.44. The largest absolute Gasteiger partial charge is 0.364 e. The van der Waals surface area contributed by atoms with Gasteiger partial charge in [0, 0.05) is 17.2 Å². The number of aromatic nitrogens is 4. The number of benzene rings is 1. The first-order chi connectivity index (χ1) is 10.2. The Hall–Kier alpha value is -1.94. The van der Waals surface area contributed by atoms with Gasteiger partial charge < -0.3 is 9.88 Å².